The van der Waals surface area contributed by atoms with Gasteiger partial charge >= 0.3 is 0 Å². The van der Waals surface area contributed by atoms with Crippen LogP contribution >= 0.6 is 0 Å². The molecule has 0 spiro atoms. The van der Waals surface area contributed by atoms with E-state index in [-0.39, 0.29) is 16.9 Å². The second-order valence-electron chi connectivity index (χ2n) is 5.65. The van der Waals surface area contributed by atoms with Gasteiger partial charge in [0, 0.05) is 11.5 Å². The molecule has 104 valence electrons. The average Bonchev–Trinajstić information content (AvgIpc) is 2.84. The van der Waals surface area contributed by atoms with E-state index in [0.29, 0.717) is 0 Å². The summed E-state index contributed by atoms with van der Waals surface area (Å²) in [6.45, 7) is 2.20. The lowest BCUT2D eigenvalue weighted by molar-refractivity contribution is 0.443. The summed E-state index contributed by atoms with van der Waals surface area (Å²) >= 11 is 0. The molecule has 0 radical (unpaired) electrons. The van der Waals surface area contributed by atoms with Gasteiger partial charge in [0.15, 0.2) is 0 Å². The highest BCUT2D eigenvalue weighted by Gasteiger charge is 2.33. The van der Waals surface area contributed by atoms with Gasteiger partial charge in [0.1, 0.15) is 11.5 Å². The molecule has 2 heteroatoms. The molecule has 1 aliphatic rings. The van der Waals surface area contributed by atoms with Crippen LogP contribution in [0.1, 0.15) is 57.4 Å². The Hall–Kier alpha value is -1.44. The Morgan fingerprint density at radius 3 is 2.32 bits per heavy atom. The molecule has 1 saturated carbocycles. The van der Waals surface area contributed by atoms with Gasteiger partial charge in [0.05, 0.1) is 0 Å². The third kappa shape index (κ3) is 3.31. The first-order valence-electron chi connectivity index (χ1n) is 7.37. The van der Waals surface area contributed by atoms with Crippen LogP contribution < -0.4 is 0 Å². The zero-order valence-corrected chi connectivity index (χ0v) is 11.7. The molecule has 0 aliphatic heterocycles. The van der Waals surface area contributed by atoms with E-state index in [1.165, 1.54) is 31.7 Å². The molecule has 2 N–H and O–H groups in total. The second kappa shape index (κ2) is 6.14. The van der Waals surface area contributed by atoms with Gasteiger partial charge in [-0.05, 0) is 37.0 Å². The number of allylic oxidation sites excluding steroid dienone is 2. The molecule has 0 unspecified atom stereocenters. The molecule has 0 aromatic heterocycles. The van der Waals surface area contributed by atoms with Gasteiger partial charge in [-0.1, -0.05) is 44.8 Å². The van der Waals surface area contributed by atoms with E-state index in [1.54, 1.807) is 12.1 Å². The van der Waals surface area contributed by atoms with Gasteiger partial charge < -0.3 is 10.2 Å². The Balaban J connectivity index is 2.25. The summed E-state index contributed by atoms with van der Waals surface area (Å²) in [6.07, 6.45) is 12.8. The average molecular weight is 260 g/mol. The molecular weight excluding hydrogens is 236 g/mol. The predicted molar refractivity (Wildman–Crippen MR) is 78.6 cm³/mol. The third-order valence-corrected chi connectivity index (χ3v) is 4.13. The highest BCUT2D eigenvalue weighted by Crippen LogP contribution is 2.44. The minimum atomic E-state index is 0.0178. The monoisotopic (exact) mass is 260 g/mol. The molecule has 0 bridgehead atoms. The summed E-state index contributed by atoms with van der Waals surface area (Å²) in [4.78, 5) is 0. The van der Waals surface area contributed by atoms with Crippen LogP contribution in [0.25, 0.3) is 0 Å². The van der Waals surface area contributed by atoms with Gasteiger partial charge in [0.25, 0.3) is 0 Å². The minimum Gasteiger partial charge on any atom is -0.508 e. The fourth-order valence-electron chi connectivity index (χ4n) is 3.07. The molecule has 0 heterocycles. The maximum atomic E-state index is 9.69. The molecule has 2 rings (SSSR count). The van der Waals surface area contributed by atoms with Crippen molar-refractivity contribution in [2.45, 2.75) is 57.3 Å². The summed E-state index contributed by atoms with van der Waals surface area (Å²) in [6, 6.07) is 5.00. The third-order valence-electron chi connectivity index (χ3n) is 4.13. The van der Waals surface area contributed by atoms with Crippen LogP contribution in [0.5, 0.6) is 11.5 Å². The van der Waals surface area contributed by atoms with Gasteiger partial charge in [-0.15, -0.1) is 0 Å². The largest absolute Gasteiger partial charge is 0.508 e. The summed E-state index contributed by atoms with van der Waals surface area (Å²) in [5.41, 5.74) is 1.07. The molecule has 0 saturated heterocycles. The Labute approximate surface area is 115 Å². The molecule has 2 nitrogen and oxygen atoms in total. The van der Waals surface area contributed by atoms with Crippen molar-refractivity contribution in [2.24, 2.45) is 0 Å². The molecule has 1 fully saturated rings. The van der Waals surface area contributed by atoms with Crippen LogP contribution in [-0.2, 0) is 5.41 Å². The molecule has 0 amide bonds. The Morgan fingerprint density at radius 1 is 1.11 bits per heavy atom. The van der Waals surface area contributed by atoms with E-state index in [9.17, 15) is 10.2 Å². The highest BCUT2D eigenvalue weighted by molar-refractivity contribution is 5.43. The van der Waals surface area contributed by atoms with Crippen molar-refractivity contribution in [3.05, 3.63) is 35.9 Å². The second-order valence-corrected chi connectivity index (χ2v) is 5.65. The summed E-state index contributed by atoms with van der Waals surface area (Å²) < 4.78 is 0. The first-order valence-corrected chi connectivity index (χ1v) is 7.37. The van der Waals surface area contributed by atoms with Gasteiger partial charge in [0.2, 0.25) is 0 Å². The molecule has 19 heavy (non-hydrogen) atoms. The van der Waals surface area contributed by atoms with Crippen molar-refractivity contribution < 1.29 is 10.2 Å². The zero-order chi connectivity index (χ0) is 13.7. The molecule has 0 atom stereocenters. The van der Waals surface area contributed by atoms with E-state index in [4.69, 9.17) is 0 Å². The molecule has 1 aromatic rings. The SMILES string of the molecule is CCCC/C=C\C1(c2cc(O)cc(O)c2)CCCC1. The predicted octanol–water partition coefficient (Wildman–Crippen LogP) is 4.66. The van der Waals surface area contributed by atoms with E-state index in [2.05, 4.69) is 19.1 Å². The van der Waals surface area contributed by atoms with Crippen molar-refractivity contribution in [3.8, 4) is 11.5 Å². The standard InChI is InChI=1S/C17H24O2/c1-2-3-4-5-8-17(9-6-7-10-17)14-11-15(18)13-16(19)12-14/h5,8,11-13,18-19H,2-4,6-7,9-10H2,1H3/b8-5-. The topological polar surface area (TPSA) is 40.5 Å². The first-order chi connectivity index (χ1) is 9.16. The first kappa shape index (κ1) is 14.0. The van der Waals surface area contributed by atoms with E-state index >= 15 is 0 Å². The quantitative estimate of drug-likeness (QED) is 0.597. The Bertz CT molecular complexity index is 422. The van der Waals surface area contributed by atoms with Crippen molar-refractivity contribution in [2.75, 3.05) is 0 Å². The maximum absolute atomic E-state index is 9.69. The van der Waals surface area contributed by atoms with Crippen molar-refractivity contribution in [1.82, 2.24) is 0 Å². The zero-order valence-electron chi connectivity index (χ0n) is 11.7. The fraction of sp³-hybridized carbons (Fsp3) is 0.529. The van der Waals surface area contributed by atoms with Crippen molar-refractivity contribution >= 4 is 0 Å². The van der Waals surface area contributed by atoms with Crippen LogP contribution in [0.2, 0.25) is 0 Å². The summed E-state index contributed by atoms with van der Waals surface area (Å²) in [5, 5.41) is 19.4. The van der Waals surface area contributed by atoms with Crippen molar-refractivity contribution in [1.29, 1.82) is 0 Å². The van der Waals surface area contributed by atoms with Crippen LogP contribution in [0, 0.1) is 0 Å². The number of hydrogen-bond acceptors (Lipinski definition) is 2. The van der Waals surface area contributed by atoms with Crippen molar-refractivity contribution in [3.63, 3.8) is 0 Å². The van der Waals surface area contributed by atoms with Crippen LogP contribution in [0.4, 0.5) is 0 Å². The number of hydrogen-bond donors (Lipinski definition) is 2. The lowest BCUT2D eigenvalue weighted by Gasteiger charge is -2.26. The number of benzene rings is 1. The summed E-state index contributed by atoms with van der Waals surface area (Å²) in [7, 11) is 0. The van der Waals surface area contributed by atoms with Crippen LogP contribution in [-0.4, -0.2) is 10.2 Å². The maximum Gasteiger partial charge on any atom is 0.119 e. The van der Waals surface area contributed by atoms with Gasteiger partial charge in [-0.2, -0.15) is 0 Å². The normalized spacial score (nSPS) is 18.2. The number of aromatic hydroxyl groups is 2. The molecule has 1 aromatic carbocycles. The number of unbranched alkanes of at least 4 members (excludes halogenated alkanes) is 2. The van der Waals surface area contributed by atoms with Crippen LogP contribution in [0.15, 0.2) is 30.4 Å². The number of phenols is 2. The smallest absolute Gasteiger partial charge is 0.119 e. The summed E-state index contributed by atoms with van der Waals surface area (Å²) in [5.74, 6) is 0.312. The van der Waals surface area contributed by atoms with E-state index in [0.717, 1.165) is 24.8 Å². The number of rotatable bonds is 5. The highest BCUT2D eigenvalue weighted by atomic mass is 16.3. The molecule has 1 aliphatic carbocycles. The Morgan fingerprint density at radius 2 is 1.74 bits per heavy atom. The van der Waals surface area contributed by atoms with E-state index in [1.807, 2.05) is 0 Å². The van der Waals surface area contributed by atoms with Crippen LogP contribution in [0.3, 0.4) is 0 Å². The number of phenolic OH excluding ortho intramolecular Hbond substituents is 2. The van der Waals surface area contributed by atoms with Gasteiger partial charge in [-0.3, -0.25) is 0 Å². The minimum absolute atomic E-state index is 0.0178. The van der Waals surface area contributed by atoms with Gasteiger partial charge in [-0.25, -0.2) is 0 Å². The van der Waals surface area contributed by atoms with E-state index < -0.39 is 0 Å². The molecular formula is C17H24O2. The lowest BCUT2D eigenvalue weighted by atomic mass is 9.78. The lowest BCUT2D eigenvalue weighted by Crippen LogP contribution is -2.18. The Kier molecular flexibility index (Phi) is 4.52. The fourth-order valence-corrected chi connectivity index (χ4v) is 3.07.